The minimum Gasteiger partial charge on any atom is -0.333 e. The summed E-state index contributed by atoms with van der Waals surface area (Å²) >= 11 is 0. The fourth-order valence-electron chi connectivity index (χ4n) is 1.42. The summed E-state index contributed by atoms with van der Waals surface area (Å²) in [7, 11) is 0. The predicted octanol–water partition coefficient (Wildman–Crippen LogP) is 2.66. The van der Waals surface area contributed by atoms with Crippen LogP contribution in [-0.4, -0.2) is 12.7 Å². The van der Waals surface area contributed by atoms with Crippen LogP contribution in [0, 0.1) is 0 Å². The lowest BCUT2D eigenvalue weighted by molar-refractivity contribution is -0.128. The molecule has 0 aliphatic rings. The second-order valence-corrected chi connectivity index (χ2v) is 3.83. The van der Waals surface area contributed by atoms with Gasteiger partial charge in [0.25, 0.3) is 0 Å². The van der Waals surface area contributed by atoms with E-state index in [4.69, 9.17) is 10.6 Å². The molecule has 1 amide bonds. The number of carbonyl (C=O) groups excluding carboxylic acids is 1. The molecular weight excluding hydrogens is 208 g/mol. The highest BCUT2D eigenvalue weighted by Gasteiger charge is 1.94. The van der Waals surface area contributed by atoms with Gasteiger partial charge in [-0.1, -0.05) is 51.9 Å². The highest BCUT2D eigenvalue weighted by molar-refractivity contribution is 5.64. The van der Waals surface area contributed by atoms with E-state index in [2.05, 4.69) is 11.8 Å². The lowest BCUT2D eigenvalue weighted by Crippen LogP contribution is -2.24. The molecule has 0 spiro atoms. The average molecular weight is 232 g/mol. The molecule has 0 fully saturated rings. The summed E-state index contributed by atoms with van der Waals surface area (Å²) in [5.74, 6) is 0. The van der Waals surface area contributed by atoms with Gasteiger partial charge in [-0.2, -0.15) is 0 Å². The van der Waals surface area contributed by atoms with Gasteiger partial charge in [-0.15, -0.1) is 0 Å². The molecule has 0 heterocycles. The van der Waals surface area contributed by atoms with E-state index in [1.54, 1.807) is 0 Å². The molecule has 0 aliphatic heterocycles. The molecule has 0 bridgehead atoms. The summed E-state index contributed by atoms with van der Waals surface area (Å²) in [5, 5.41) is 0. The fraction of sp³-hybridized carbons (Fsp3) is 0.909. The molecule has 0 saturated carbocycles. The van der Waals surface area contributed by atoms with Crippen LogP contribution in [0.1, 0.15) is 58.3 Å². The lowest BCUT2D eigenvalue weighted by atomic mass is 10.1. The van der Waals surface area contributed by atoms with Crippen molar-refractivity contribution in [2.75, 3.05) is 6.61 Å². The average Bonchev–Trinajstić information content (AvgIpc) is 2.25. The van der Waals surface area contributed by atoms with E-state index in [1.807, 2.05) is 5.64 Å². The third-order valence-electron chi connectivity index (χ3n) is 2.30. The standard InChI is InChI=1S/C11H24N2O3/c1-2-3-4-5-6-7-8-9-10-15-13-16-11(12)14/h13H,2-10H2,1H3,(H2,12,14). The number of carbonyl (C=O) groups is 1. The molecule has 5 heteroatoms. The van der Waals surface area contributed by atoms with Crippen LogP contribution >= 0.6 is 0 Å². The van der Waals surface area contributed by atoms with Gasteiger partial charge in [0.05, 0.1) is 6.61 Å². The van der Waals surface area contributed by atoms with Crippen LogP contribution in [0.25, 0.3) is 0 Å². The molecule has 16 heavy (non-hydrogen) atoms. The van der Waals surface area contributed by atoms with Gasteiger partial charge in [0, 0.05) is 0 Å². The molecule has 0 aromatic carbocycles. The smallest absolute Gasteiger partial charge is 0.333 e. The summed E-state index contributed by atoms with van der Waals surface area (Å²) in [6, 6.07) is 0. The van der Waals surface area contributed by atoms with Crippen molar-refractivity contribution in [2.45, 2.75) is 58.3 Å². The van der Waals surface area contributed by atoms with Crippen LogP contribution in [0.15, 0.2) is 0 Å². The van der Waals surface area contributed by atoms with Crippen molar-refractivity contribution in [1.82, 2.24) is 5.64 Å². The molecule has 96 valence electrons. The van der Waals surface area contributed by atoms with Gasteiger partial charge in [-0.3, -0.25) is 4.84 Å². The quantitative estimate of drug-likeness (QED) is 0.424. The second kappa shape index (κ2) is 12.3. The Morgan fingerprint density at radius 3 is 2.19 bits per heavy atom. The summed E-state index contributed by atoms with van der Waals surface area (Å²) < 4.78 is 0. The van der Waals surface area contributed by atoms with E-state index in [0.29, 0.717) is 6.61 Å². The van der Waals surface area contributed by atoms with Crippen molar-refractivity contribution in [1.29, 1.82) is 0 Å². The van der Waals surface area contributed by atoms with Gasteiger partial charge >= 0.3 is 6.09 Å². The first-order valence-electron chi connectivity index (χ1n) is 6.10. The van der Waals surface area contributed by atoms with E-state index in [0.717, 1.165) is 12.8 Å². The highest BCUT2D eigenvalue weighted by Crippen LogP contribution is 2.07. The van der Waals surface area contributed by atoms with Crippen molar-refractivity contribution in [3.63, 3.8) is 0 Å². The van der Waals surface area contributed by atoms with Crippen LogP contribution in [0.3, 0.4) is 0 Å². The maximum absolute atomic E-state index is 10.1. The molecule has 0 radical (unpaired) electrons. The Morgan fingerprint density at radius 1 is 1.06 bits per heavy atom. The Bertz CT molecular complexity index is 165. The Morgan fingerprint density at radius 2 is 1.62 bits per heavy atom. The maximum atomic E-state index is 10.1. The predicted molar refractivity (Wildman–Crippen MR) is 62.4 cm³/mol. The number of hydrogen-bond acceptors (Lipinski definition) is 4. The highest BCUT2D eigenvalue weighted by atomic mass is 16.9. The third-order valence-corrected chi connectivity index (χ3v) is 2.30. The van der Waals surface area contributed by atoms with Crippen LogP contribution in [0.2, 0.25) is 0 Å². The van der Waals surface area contributed by atoms with Crippen LogP contribution < -0.4 is 11.4 Å². The van der Waals surface area contributed by atoms with Gasteiger partial charge in [0.2, 0.25) is 0 Å². The van der Waals surface area contributed by atoms with Crippen molar-refractivity contribution >= 4 is 6.09 Å². The number of amides is 1. The lowest BCUT2D eigenvalue weighted by Gasteiger charge is -2.04. The number of nitrogens with one attached hydrogen (secondary N) is 1. The summed E-state index contributed by atoms with van der Waals surface area (Å²) in [6.45, 7) is 2.75. The maximum Gasteiger partial charge on any atom is 0.425 e. The first kappa shape index (κ1) is 15.2. The number of rotatable bonds is 11. The molecule has 0 aromatic rings. The molecule has 0 aromatic heterocycles. The molecule has 0 saturated heterocycles. The minimum atomic E-state index is -0.893. The fourth-order valence-corrected chi connectivity index (χ4v) is 1.42. The minimum absolute atomic E-state index is 0.530. The number of primary amides is 1. The largest absolute Gasteiger partial charge is 0.425 e. The van der Waals surface area contributed by atoms with E-state index >= 15 is 0 Å². The van der Waals surface area contributed by atoms with Crippen LogP contribution in [0.5, 0.6) is 0 Å². The molecule has 5 nitrogen and oxygen atoms in total. The Kier molecular flexibility index (Phi) is 11.6. The number of hydrogen-bond donors (Lipinski definition) is 2. The monoisotopic (exact) mass is 232 g/mol. The SMILES string of the molecule is CCCCCCCCCCONOC(N)=O. The summed E-state index contributed by atoms with van der Waals surface area (Å²) in [6.07, 6.45) is 9.06. The third kappa shape index (κ3) is 13.2. The summed E-state index contributed by atoms with van der Waals surface area (Å²) in [5.41, 5.74) is 6.74. The van der Waals surface area contributed by atoms with Crippen molar-refractivity contribution < 1.29 is 14.5 Å². The van der Waals surface area contributed by atoms with Crippen LogP contribution in [-0.2, 0) is 9.68 Å². The molecule has 0 aliphatic carbocycles. The Hall–Kier alpha value is -0.810. The van der Waals surface area contributed by atoms with Gasteiger partial charge < -0.3 is 10.6 Å². The van der Waals surface area contributed by atoms with E-state index < -0.39 is 6.09 Å². The molecule has 3 N–H and O–H groups in total. The van der Waals surface area contributed by atoms with Gasteiger partial charge in [0.1, 0.15) is 0 Å². The van der Waals surface area contributed by atoms with E-state index in [-0.39, 0.29) is 0 Å². The van der Waals surface area contributed by atoms with Gasteiger partial charge in [0.15, 0.2) is 0 Å². The topological polar surface area (TPSA) is 73.6 Å². The zero-order valence-electron chi connectivity index (χ0n) is 10.2. The normalized spacial score (nSPS) is 10.3. The zero-order valence-corrected chi connectivity index (χ0v) is 10.2. The van der Waals surface area contributed by atoms with Gasteiger partial charge in [-0.05, 0) is 12.1 Å². The Labute approximate surface area is 97.6 Å². The number of nitrogens with two attached hydrogens (primary N) is 1. The van der Waals surface area contributed by atoms with Crippen molar-refractivity contribution in [2.24, 2.45) is 5.73 Å². The number of unbranched alkanes of at least 4 members (excludes halogenated alkanes) is 7. The molecule has 0 atom stereocenters. The Balaban J connectivity index is 2.90. The summed E-state index contributed by atoms with van der Waals surface area (Å²) in [4.78, 5) is 19.1. The van der Waals surface area contributed by atoms with E-state index in [1.165, 1.54) is 38.5 Å². The van der Waals surface area contributed by atoms with Crippen molar-refractivity contribution in [3.8, 4) is 0 Å². The molecular formula is C11H24N2O3. The molecule has 0 rings (SSSR count). The zero-order chi connectivity index (χ0) is 12.1. The first-order chi connectivity index (χ1) is 7.77. The second-order valence-electron chi connectivity index (χ2n) is 3.83. The molecule has 0 unspecified atom stereocenters. The van der Waals surface area contributed by atoms with Crippen LogP contribution in [0.4, 0.5) is 4.79 Å². The first-order valence-corrected chi connectivity index (χ1v) is 6.10. The van der Waals surface area contributed by atoms with E-state index in [9.17, 15) is 4.79 Å². The van der Waals surface area contributed by atoms with Gasteiger partial charge in [-0.25, -0.2) is 4.79 Å². The van der Waals surface area contributed by atoms with Crippen molar-refractivity contribution in [3.05, 3.63) is 0 Å².